The molecule has 29 heteroatoms. The Labute approximate surface area is 554 Å². The van der Waals surface area contributed by atoms with E-state index in [1.54, 1.807) is 41.8 Å². The maximum Gasteiger partial charge on any atom is 0.407 e. The second-order valence-corrected chi connectivity index (χ2v) is 22.6. The second kappa shape index (κ2) is 42.9. The third-order valence-electron chi connectivity index (χ3n) is 15.5. The predicted molar refractivity (Wildman–Crippen MR) is 350 cm³/mol. The summed E-state index contributed by atoms with van der Waals surface area (Å²) in [7, 11) is 1.84. The van der Waals surface area contributed by atoms with E-state index in [0.29, 0.717) is 185 Å². The molecule has 0 spiro atoms. The number of pyridine rings is 2. The summed E-state index contributed by atoms with van der Waals surface area (Å²) in [4.78, 5) is 87.1. The molecule has 0 unspecified atom stereocenters. The molecule has 6 N–H and O–H groups in total. The van der Waals surface area contributed by atoms with Crippen LogP contribution >= 0.6 is 0 Å². The van der Waals surface area contributed by atoms with Crippen molar-refractivity contribution in [2.75, 3.05) is 158 Å². The largest absolute Gasteiger partial charge is 0.494 e. The number of amides is 4. The van der Waals surface area contributed by atoms with Crippen molar-refractivity contribution in [1.29, 1.82) is 0 Å². The fraction of sp³-hybridized carbons (Fsp3) is 0.621. The normalized spacial score (nSPS) is 14.5. The van der Waals surface area contributed by atoms with Crippen molar-refractivity contribution in [3.05, 3.63) is 97.1 Å². The fourth-order valence-electron chi connectivity index (χ4n) is 10.3. The maximum atomic E-state index is 13.7. The van der Waals surface area contributed by atoms with Crippen LogP contribution in [0.15, 0.2) is 58.4 Å². The molecule has 2 aromatic carbocycles. The molecule has 6 rings (SSSR count). The average Bonchev–Trinajstić information content (AvgIpc) is 1.66. The van der Waals surface area contributed by atoms with E-state index < -0.39 is 41.6 Å². The quantitative estimate of drug-likeness (QED) is 0.00964. The van der Waals surface area contributed by atoms with Crippen molar-refractivity contribution >= 4 is 46.4 Å². The number of rotatable bonds is 50. The highest BCUT2D eigenvalue weighted by atomic mass is 16.6. The van der Waals surface area contributed by atoms with Crippen LogP contribution in [-0.2, 0) is 103 Å². The summed E-state index contributed by atoms with van der Waals surface area (Å²) < 4.78 is 67.7. The molecule has 2 aromatic heterocycles. The minimum Gasteiger partial charge on any atom is -0.494 e. The Morgan fingerprint density at radius 2 is 1.33 bits per heavy atom. The van der Waals surface area contributed by atoms with Gasteiger partial charge in [0.2, 0.25) is 17.7 Å². The first-order valence-corrected chi connectivity index (χ1v) is 32.7. The number of cyclic esters (lactones) is 1. The number of hydrogen-bond acceptors (Lipinski definition) is 22. The summed E-state index contributed by atoms with van der Waals surface area (Å²) >= 11 is 0. The molecule has 0 fully saturated rings. The van der Waals surface area contributed by atoms with Crippen LogP contribution < -0.4 is 36.9 Å². The molecular weight excluding hydrogens is 1240 g/mol. The third kappa shape index (κ3) is 25.3. The van der Waals surface area contributed by atoms with Crippen molar-refractivity contribution in [2.24, 2.45) is 11.0 Å². The van der Waals surface area contributed by atoms with Crippen LogP contribution in [-0.4, -0.2) is 209 Å². The van der Waals surface area contributed by atoms with E-state index >= 15 is 0 Å². The van der Waals surface area contributed by atoms with Crippen molar-refractivity contribution in [1.82, 2.24) is 30.8 Å². The van der Waals surface area contributed by atoms with Crippen molar-refractivity contribution in [3.8, 4) is 17.1 Å². The van der Waals surface area contributed by atoms with Crippen LogP contribution in [0.3, 0.4) is 0 Å². The molecule has 524 valence electrons. The number of carbonyl (C=O) groups excluding carboxylic acids is 5. The summed E-state index contributed by atoms with van der Waals surface area (Å²) in [6.45, 7) is 16.1. The Morgan fingerprint density at radius 3 is 1.89 bits per heavy atom. The van der Waals surface area contributed by atoms with E-state index in [2.05, 4.69) is 36.6 Å². The number of hydrogen-bond donors (Lipinski definition) is 6. The van der Waals surface area contributed by atoms with Gasteiger partial charge in [0, 0.05) is 46.6 Å². The van der Waals surface area contributed by atoms with E-state index in [0.717, 1.165) is 29.5 Å². The molecule has 4 amide bonds. The number of esters is 1. The Morgan fingerprint density at radius 1 is 0.726 bits per heavy atom. The highest BCUT2D eigenvalue weighted by molar-refractivity contribution is 5.98. The number of fused-ring (bicyclic) bond motifs is 5. The Balaban J connectivity index is 0.794. The molecule has 2 aliphatic rings. The Bertz CT molecular complexity index is 3150. The van der Waals surface area contributed by atoms with Gasteiger partial charge in [0.05, 0.1) is 155 Å². The van der Waals surface area contributed by atoms with E-state index in [1.165, 1.54) is 0 Å². The topological polar surface area (TPSA) is 360 Å². The first-order chi connectivity index (χ1) is 46.2. The number of anilines is 1. The third-order valence-corrected chi connectivity index (χ3v) is 15.5. The fourth-order valence-corrected chi connectivity index (χ4v) is 10.3. The number of aryl methyl sites for hydroxylation is 1. The Kier molecular flexibility index (Phi) is 34.6. The number of carbonyl (C=O) groups is 5. The van der Waals surface area contributed by atoms with Gasteiger partial charge in [-0.3, -0.25) is 19.2 Å². The maximum absolute atomic E-state index is 13.7. The van der Waals surface area contributed by atoms with Crippen LogP contribution in [0, 0.1) is 5.92 Å². The number of unbranched alkanes of at least 4 members (excludes halogenated alkanes) is 1. The number of aromatic nitrogens is 2. The summed E-state index contributed by atoms with van der Waals surface area (Å²) in [6.07, 6.45) is 2.38. The highest BCUT2D eigenvalue weighted by Gasteiger charge is 2.45. The number of ether oxygens (including phenoxy) is 12. The zero-order valence-corrected chi connectivity index (χ0v) is 55.5. The van der Waals surface area contributed by atoms with Crippen LogP contribution in [0.2, 0.25) is 0 Å². The number of nitrogens with zero attached hydrogens (tertiary/aromatic N) is 5. The smallest absolute Gasteiger partial charge is 0.407 e. The lowest BCUT2D eigenvalue weighted by molar-refractivity contribution is -0.172. The lowest BCUT2D eigenvalue weighted by Gasteiger charge is -2.31. The number of azide groups is 1. The molecule has 4 heterocycles. The van der Waals surface area contributed by atoms with Gasteiger partial charge >= 0.3 is 12.1 Å². The molecular formula is C66H96N10O19. The van der Waals surface area contributed by atoms with Gasteiger partial charge in [-0.25, -0.2) is 14.6 Å². The van der Waals surface area contributed by atoms with Gasteiger partial charge in [-0.15, -0.1) is 0 Å². The van der Waals surface area contributed by atoms with Crippen molar-refractivity contribution in [2.45, 2.75) is 110 Å². The standard InChI is InChI=1S/C66H96N10O19/c1-6-50-51-41-49(16-17-55(51)72-60-52(50)43-76-57(60)42-54-53(63(76)80)45-94-64(81)66(54,83)7-2)93-22-10-20-69-65(82)95-44-47-12-14-48(15-13-47)71-61(78)56(11-8-9-19-68-5)73-62(79)59(46(3)4)74-58(77)18-23-84-25-27-86-29-31-88-33-35-90-37-39-92-40-38-91-36-34-89-32-30-87-28-26-85-24-21-70-75-67/h12-17,41-42,46,56,59,68,83H,6-11,18-40,43-45H2,1-5H3,(H,69,82)(H,71,78)(H,73,79)(H,74,77)/t56-,59-,66-/m0/s1. The molecule has 0 saturated heterocycles. The molecule has 0 saturated carbocycles. The molecule has 4 aromatic rings. The van der Waals surface area contributed by atoms with Crippen LogP contribution in [0.1, 0.15) is 94.0 Å². The summed E-state index contributed by atoms with van der Waals surface area (Å²) in [6, 6.07) is 12.3. The molecule has 3 atom stereocenters. The molecule has 2 aliphatic heterocycles. The van der Waals surface area contributed by atoms with Crippen LogP contribution in [0.25, 0.3) is 32.7 Å². The van der Waals surface area contributed by atoms with Gasteiger partial charge in [-0.1, -0.05) is 44.9 Å². The number of benzene rings is 2. The van der Waals surface area contributed by atoms with Gasteiger partial charge in [0.25, 0.3) is 5.56 Å². The van der Waals surface area contributed by atoms with Crippen molar-refractivity contribution in [3.63, 3.8) is 0 Å². The van der Waals surface area contributed by atoms with E-state index in [-0.39, 0.29) is 74.3 Å². The minimum atomic E-state index is -1.91. The average molecular weight is 1330 g/mol. The molecule has 0 bridgehead atoms. The molecule has 29 nitrogen and oxygen atoms in total. The van der Waals surface area contributed by atoms with Gasteiger partial charge in [0.1, 0.15) is 31.0 Å². The highest BCUT2D eigenvalue weighted by Crippen LogP contribution is 2.41. The summed E-state index contributed by atoms with van der Waals surface area (Å²) in [5, 5.41) is 30.0. The zero-order valence-electron chi connectivity index (χ0n) is 55.5. The predicted octanol–water partition coefficient (Wildman–Crippen LogP) is 5.14. The van der Waals surface area contributed by atoms with Gasteiger partial charge in [-0.05, 0) is 111 Å². The van der Waals surface area contributed by atoms with Gasteiger partial charge < -0.3 is 93.1 Å². The summed E-state index contributed by atoms with van der Waals surface area (Å²) in [5.74, 6) is -1.71. The lowest BCUT2D eigenvalue weighted by atomic mass is 9.86. The monoisotopic (exact) mass is 1330 g/mol. The summed E-state index contributed by atoms with van der Waals surface area (Å²) in [5.41, 5.74) is 11.5. The van der Waals surface area contributed by atoms with Crippen LogP contribution in [0.5, 0.6) is 5.75 Å². The van der Waals surface area contributed by atoms with Gasteiger partial charge in [0.15, 0.2) is 5.60 Å². The van der Waals surface area contributed by atoms with E-state index in [4.69, 9.17) is 67.4 Å². The first kappa shape index (κ1) is 76.6. The first-order valence-electron chi connectivity index (χ1n) is 32.7. The number of alkyl carbamates (subject to hydrolysis) is 1. The molecule has 0 radical (unpaired) electrons. The molecule has 95 heavy (non-hydrogen) atoms. The van der Waals surface area contributed by atoms with Crippen molar-refractivity contribution < 1.29 is 85.9 Å². The lowest BCUT2D eigenvalue weighted by Crippen LogP contribution is -2.54. The SMILES string of the molecule is CCc1c2c(nc3ccc(OCCCNC(=O)OCc4ccc(NC(=O)[C@H](CCCCNC)NC(=O)[C@@H](NC(=O)CCOCCOCCOCCOCCOCCOCCOCCOCCOCCN=[N+]=[N-])C(C)C)cc4)cc13)-c1cc3c(c(=O)n1C2)COC(=O)[C@]3(O)CC. The van der Waals surface area contributed by atoms with Gasteiger partial charge in [-0.2, -0.15) is 0 Å². The number of aliphatic hydroxyl groups is 1. The molecule has 0 aliphatic carbocycles. The number of nitrogens with one attached hydrogen (secondary N) is 5. The Hall–Kier alpha value is -7.38. The minimum absolute atomic E-state index is 0.0174. The van der Waals surface area contributed by atoms with E-state index in [9.17, 15) is 33.9 Å². The van der Waals surface area contributed by atoms with Crippen LogP contribution in [0.4, 0.5) is 10.5 Å². The zero-order chi connectivity index (χ0) is 68.1. The second-order valence-electron chi connectivity index (χ2n) is 22.6. The van der Waals surface area contributed by atoms with E-state index in [1.807, 2.05) is 46.0 Å².